The van der Waals surface area contributed by atoms with Crippen LogP contribution in [0.3, 0.4) is 0 Å². The zero-order valence-electron chi connectivity index (χ0n) is 12.0. The van der Waals surface area contributed by atoms with E-state index in [1.54, 1.807) is 11.8 Å². The van der Waals surface area contributed by atoms with E-state index in [4.69, 9.17) is 17.0 Å². The normalized spacial score (nSPS) is 16.0. The van der Waals surface area contributed by atoms with E-state index in [-0.39, 0.29) is 5.97 Å². The van der Waals surface area contributed by atoms with Gasteiger partial charge in [-0.25, -0.2) is 0 Å². The van der Waals surface area contributed by atoms with Crippen molar-refractivity contribution >= 4 is 34.3 Å². The van der Waals surface area contributed by atoms with Gasteiger partial charge in [-0.3, -0.25) is 4.79 Å². The number of nitrogens with one attached hydrogen (secondary N) is 1. The van der Waals surface area contributed by atoms with Crippen LogP contribution in [-0.4, -0.2) is 36.3 Å². The predicted molar refractivity (Wildman–Crippen MR) is 89.0 cm³/mol. The molecule has 1 aliphatic rings. The largest absolute Gasteiger partial charge is 0.493 e. The number of fused-ring (bicyclic) bond motifs is 1. The minimum Gasteiger partial charge on any atom is -0.493 e. The molecule has 1 aromatic carbocycles. The van der Waals surface area contributed by atoms with Crippen LogP contribution in [0.4, 0.5) is 0 Å². The molecule has 114 valence electrons. The topological polar surface area (TPSA) is 47.6 Å². The first-order valence-electron chi connectivity index (χ1n) is 6.90. The highest BCUT2D eigenvalue weighted by Gasteiger charge is 2.23. The maximum absolute atomic E-state index is 11.0. The molecule has 0 radical (unpaired) electrons. The summed E-state index contributed by atoms with van der Waals surface area (Å²) in [5.41, 5.74) is 1.24. The molecule has 0 saturated heterocycles. The Labute approximate surface area is 134 Å². The number of methoxy groups -OCH3 is 1. The van der Waals surface area contributed by atoms with Gasteiger partial charge in [0, 0.05) is 30.2 Å². The van der Waals surface area contributed by atoms with Gasteiger partial charge in [0.2, 0.25) is 0 Å². The molecule has 1 aromatic rings. The van der Waals surface area contributed by atoms with Crippen LogP contribution < -0.4 is 10.1 Å². The molecule has 2 rings (SSSR count). The van der Waals surface area contributed by atoms with Crippen molar-refractivity contribution < 1.29 is 14.3 Å². The van der Waals surface area contributed by atoms with Gasteiger partial charge >= 0.3 is 5.97 Å². The summed E-state index contributed by atoms with van der Waals surface area (Å²) < 4.78 is 11.0. The van der Waals surface area contributed by atoms with E-state index < -0.39 is 0 Å². The first-order chi connectivity index (χ1) is 10.2. The monoisotopic (exact) mass is 325 g/mol. The highest BCUT2D eigenvalue weighted by Crippen LogP contribution is 2.32. The maximum Gasteiger partial charge on any atom is 0.305 e. The van der Waals surface area contributed by atoms with Gasteiger partial charge in [0.1, 0.15) is 10.1 Å². The lowest BCUT2D eigenvalue weighted by Crippen LogP contribution is -2.25. The van der Waals surface area contributed by atoms with Crippen LogP contribution in [-0.2, 0) is 9.53 Å². The molecular formula is C15H19NO3S2. The molecule has 1 heterocycles. The number of hydrogen-bond acceptors (Lipinski definition) is 5. The SMILES string of the molecule is COC(=O)CCCSC(=S)NCC1COc2ccccc21. The van der Waals surface area contributed by atoms with Crippen molar-refractivity contribution in [2.24, 2.45) is 0 Å². The van der Waals surface area contributed by atoms with E-state index in [9.17, 15) is 4.79 Å². The van der Waals surface area contributed by atoms with E-state index in [0.29, 0.717) is 18.9 Å². The number of carbonyl (C=O) groups is 1. The lowest BCUT2D eigenvalue weighted by molar-refractivity contribution is -0.140. The van der Waals surface area contributed by atoms with E-state index in [0.717, 1.165) is 28.8 Å². The average molecular weight is 325 g/mol. The third-order valence-corrected chi connectivity index (χ3v) is 4.67. The van der Waals surface area contributed by atoms with Crippen molar-refractivity contribution in [3.05, 3.63) is 29.8 Å². The Morgan fingerprint density at radius 3 is 3.14 bits per heavy atom. The number of ether oxygens (including phenoxy) is 2. The van der Waals surface area contributed by atoms with Crippen LogP contribution in [0.25, 0.3) is 0 Å². The highest BCUT2D eigenvalue weighted by molar-refractivity contribution is 8.22. The molecule has 0 aliphatic carbocycles. The molecule has 0 amide bonds. The predicted octanol–water partition coefficient (Wildman–Crippen LogP) is 2.72. The lowest BCUT2D eigenvalue weighted by Gasteiger charge is -2.12. The van der Waals surface area contributed by atoms with Gasteiger partial charge in [0.05, 0.1) is 13.7 Å². The molecule has 0 fully saturated rings. The van der Waals surface area contributed by atoms with Gasteiger partial charge in [-0.15, -0.1) is 0 Å². The van der Waals surface area contributed by atoms with Crippen LogP contribution in [0.15, 0.2) is 24.3 Å². The molecule has 0 saturated carbocycles. The maximum atomic E-state index is 11.0. The van der Waals surface area contributed by atoms with Gasteiger partial charge in [0.15, 0.2) is 0 Å². The summed E-state index contributed by atoms with van der Waals surface area (Å²) in [7, 11) is 1.41. The Morgan fingerprint density at radius 2 is 2.33 bits per heavy atom. The van der Waals surface area contributed by atoms with E-state index in [2.05, 4.69) is 16.1 Å². The summed E-state index contributed by atoms with van der Waals surface area (Å²) in [6, 6.07) is 8.10. The summed E-state index contributed by atoms with van der Waals surface area (Å²) in [5, 5.41) is 3.27. The summed E-state index contributed by atoms with van der Waals surface area (Å²) >= 11 is 6.85. The van der Waals surface area contributed by atoms with Crippen LogP contribution in [0, 0.1) is 0 Å². The second-order valence-electron chi connectivity index (χ2n) is 4.74. The minimum atomic E-state index is -0.172. The number of benzene rings is 1. The summed E-state index contributed by atoms with van der Waals surface area (Å²) in [4.78, 5) is 11.0. The van der Waals surface area contributed by atoms with Crippen molar-refractivity contribution in [3.8, 4) is 5.75 Å². The number of esters is 1. The Balaban J connectivity index is 1.65. The van der Waals surface area contributed by atoms with Gasteiger partial charge in [-0.1, -0.05) is 42.2 Å². The lowest BCUT2D eigenvalue weighted by atomic mass is 10.0. The number of carbonyl (C=O) groups excluding carboxylic acids is 1. The first-order valence-corrected chi connectivity index (χ1v) is 8.29. The van der Waals surface area contributed by atoms with Gasteiger partial charge in [-0.05, 0) is 12.5 Å². The highest BCUT2D eigenvalue weighted by atomic mass is 32.2. The molecular weight excluding hydrogens is 306 g/mol. The van der Waals surface area contributed by atoms with Crippen molar-refractivity contribution in [1.29, 1.82) is 0 Å². The Morgan fingerprint density at radius 1 is 1.52 bits per heavy atom. The first kappa shape index (κ1) is 16.1. The zero-order chi connectivity index (χ0) is 15.1. The average Bonchev–Trinajstić information content (AvgIpc) is 2.92. The zero-order valence-corrected chi connectivity index (χ0v) is 13.6. The summed E-state index contributed by atoms with van der Waals surface area (Å²) in [6.45, 7) is 1.47. The number of rotatable bonds is 6. The molecule has 1 atom stereocenters. The van der Waals surface area contributed by atoms with Crippen molar-refractivity contribution in [2.45, 2.75) is 18.8 Å². The fourth-order valence-electron chi connectivity index (χ4n) is 2.14. The molecule has 6 heteroatoms. The molecule has 1 aliphatic heterocycles. The van der Waals surface area contributed by atoms with Gasteiger partial charge in [0.25, 0.3) is 0 Å². The number of thioether (sulfide) groups is 1. The van der Waals surface area contributed by atoms with Crippen LogP contribution in [0.5, 0.6) is 5.75 Å². The third kappa shape index (κ3) is 4.89. The second kappa shape index (κ2) is 8.24. The molecule has 0 spiro atoms. The molecule has 1 N–H and O–H groups in total. The Bertz CT molecular complexity index is 507. The summed E-state index contributed by atoms with van der Waals surface area (Å²) in [6.07, 6.45) is 1.21. The molecule has 4 nitrogen and oxygen atoms in total. The quantitative estimate of drug-likeness (QED) is 0.493. The molecule has 1 unspecified atom stereocenters. The Kier molecular flexibility index (Phi) is 6.32. The second-order valence-corrected chi connectivity index (χ2v) is 6.51. The number of hydrogen-bond donors (Lipinski definition) is 1. The van der Waals surface area contributed by atoms with Crippen molar-refractivity contribution in [1.82, 2.24) is 5.32 Å². The number of para-hydroxylation sites is 1. The van der Waals surface area contributed by atoms with E-state index in [1.165, 1.54) is 12.7 Å². The molecule has 0 aromatic heterocycles. The van der Waals surface area contributed by atoms with Crippen molar-refractivity contribution in [3.63, 3.8) is 0 Å². The fourth-order valence-corrected chi connectivity index (χ4v) is 3.13. The van der Waals surface area contributed by atoms with Crippen LogP contribution in [0.1, 0.15) is 24.3 Å². The van der Waals surface area contributed by atoms with E-state index >= 15 is 0 Å². The van der Waals surface area contributed by atoms with Gasteiger partial charge < -0.3 is 14.8 Å². The van der Waals surface area contributed by atoms with Crippen LogP contribution >= 0.6 is 24.0 Å². The van der Waals surface area contributed by atoms with Crippen molar-refractivity contribution in [2.75, 3.05) is 26.0 Å². The van der Waals surface area contributed by atoms with Gasteiger partial charge in [-0.2, -0.15) is 0 Å². The number of thiocarbonyl (C=S) groups is 1. The fraction of sp³-hybridized carbons (Fsp3) is 0.467. The smallest absolute Gasteiger partial charge is 0.305 e. The standard InChI is InChI=1S/C15H19NO3S2/c1-18-14(17)7-4-8-21-15(20)16-9-11-10-19-13-6-3-2-5-12(11)13/h2-3,5-6,11H,4,7-10H2,1H3,(H,16,20). The molecule has 21 heavy (non-hydrogen) atoms. The third-order valence-electron chi connectivity index (χ3n) is 3.28. The minimum absolute atomic E-state index is 0.172. The molecule has 0 bridgehead atoms. The summed E-state index contributed by atoms with van der Waals surface area (Å²) in [5.74, 6) is 1.96. The van der Waals surface area contributed by atoms with E-state index in [1.807, 2.05) is 18.2 Å². The van der Waals surface area contributed by atoms with Crippen LogP contribution in [0.2, 0.25) is 0 Å². The Hall–Kier alpha value is -1.27.